The maximum Gasteiger partial charge on any atom is 0.498 e. The molecule has 3 N–H and O–H groups in total. The van der Waals surface area contributed by atoms with Crippen LogP contribution in [0.3, 0.4) is 0 Å². The molecule has 696 valence electrons. The number of carbonyl (C=O) groups excluding carboxylic acids is 6. The van der Waals surface area contributed by atoms with Gasteiger partial charge >= 0.3 is 43.7 Å². The molecular formula is C83H108BBr2F6N17O18Si. The molecule has 2 aromatic carbocycles. The van der Waals surface area contributed by atoms with Gasteiger partial charge < -0.3 is 72.3 Å². The molecule has 0 saturated carbocycles. The second kappa shape index (κ2) is 41.3. The molecule has 10 heterocycles. The number of benzene rings is 2. The van der Waals surface area contributed by atoms with Gasteiger partial charge in [0.15, 0.2) is 0 Å². The first-order valence-electron chi connectivity index (χ1n) is 40.7. The van der Waals surface area contributed by atoms with Crippen LogP contribution in [0.5, 0.6) is 0 Å². The maximum atomic E-state index is 14.0. The molecular weight excluding hydrogens is 1840 g/mol. The van der Waals surface area contributed by atoms with Crippen LogP contribution in [0.25, 0.3) is 11.3 Å². The highest BCUT2D eigenvalue weighted by molar-refractivity contribution is 9.10. The molecule has 0 aliphatic carbocycles. The summed E-state index contributed by atoms with van der Waals surface area (Å²) in [5.41, 5.74) is -1.96. The average molecular weight is 1940 g/mol. The van der Waals surface area contributed by atoms with Crippen LogP contribution in [-0.4, -0.2) is 231 Å². The second-order valence-corrected chi connectivity index (χ2v) is 41.7. The number of imide groups is 2. The van der Waals surface area contributed by atoms with E-state index in [-0.39, 0.29) is 62.7 Å². The molecule has 12 rings (SSSR count). The number of hydrogen-bond acceptors (Lipinski definition) is 31. The molecule has 5 fully saturated rings. The number of ether oxygens (including phenoxy) is 8. The Morgan fingerprint density at radius 1 is 0.547 bits per heavy atom. The number of nitrogen functional groups attached to an aromatic ring is 1. The monoisotopic (exact) mass is 1940 g/mol. The molecule has 7 aromatic rings. The smallest absolute Gasteiger partial charge is 0.444 e. The predicted octanol–water partition coefficient (Wildman–Crippen LogP) is 14.6. The third-order valence-corrected chi connectivity index (χ3v) is 25.8. The van der Waals surface area contributed by atoms with Crippen molar-refractivity contribution in [2.75, 3.05) is 101 Å². The highest BCUT2D eigenvalue weighted by Gasteiger charge is 2.55. The Bertz CT molecular complexity index is 4940. The number of morpholine rings is 2. The van der Waals surface area contributed by atoms with Crippen LogP contribution >= 0.6 is 31.9 Å². The Morgan fingerprint density at radius 2 is 0.945 bits per heavy atom. The zero-order chi connectivity index (χ0) is 94.9. The van der Waals surface area contributed by atoms with Gasteiger partial charge in [-0.1, -0.05) is 81.4 Å². The van der Waals surface area contributed by atoms with E-state index in [0.717, 1.165) is 18.6 Å². The number of halogens is 8. The van der Waals surface area contributed by atoms with Crippen LogP contribution < -0.4 is 51.0 Å². The first-order valence-corrected chi connectivity index (χ1v) is 44.2. The van der Waals surface area contributed by atoms with E-state index in [1.54, 1.807) is 129 Å². The summed E-state index contributed by atoms with van der Waals surface area (Å²) >= 11 is 6.42. The number of aliphatic hydroxyl groups excluding tert-OH is 1. The summed E-state index contributed by atoms with van der Waals surface area (Å²) in [6, 6.07) is 23.1. The molecule has 4 atom stereocenters. The van der Waals surface area contributed by atoms with E-state index in [9.17, 15) is 60.2 Å². The van der Waals surface area contributed by atoms with Crippen LogP contribution in [-0.2, 0) is 51.6 Å². The number of carbonyl (C=O) groups is 6. The van der Waals surface area contributed by atoms with Gasteiger partial charge in [-0.3, -0.25) is 9.80 Å². The van der Waals surface area contributed by atoms with Gasteiger partial charge in [0.25, 0.3) is 27.6 Å². The Labute approximate surface area is 756 Å². The minimum atomic E-state index is -3.07. The molecule has 128 heavy (non-hydrogen) atoms. The Morgan fingerprint density at radius 3 is 1.36 bits per heavy atom. The fourth-order valence-electron chi connectivity index (χ4n) is 13.2. The predicted molar refractivity (Wildman–Crippen MR) is 471 cm³/mol. The van der Waals surface area contributed by atoms with E-state index in [2.05, 4.69) is 151 Å². The molecule has 35 nitrogen and oxygen atoms in total. The van der Waals surface area contributed by atoms with Crippen molar-refractivity contribution in [2.45, 2.75) is 228 Å². The third-order valence-electron chi connectivity index (χ3n) is 19.8. The molecule has 6 amide bonds. The highest BCUT2D eigenvalue weighted by atomic mass is 79.9. The van der Waals surface area contributed by atoms with Crippen LogP contribution in [0.2, 0.25) is 5.04 Å². The number of anilines is 7. The van der Waals surface area contributed by atoms with Gasteiger partial charge in [-0.05, 0) is 172 Å². The molecule has 0 spiro atoms. The molecule has 45 heteroatoms. The number of alkyl halides is 6. The van der Waals surface area contributed by atoms with Gasteiger partial charge in [-0.25, -0.2) is 95.0 Å². The van der Waals surface area contributed by atoms with Crippen LogP contribution in [0.15, 0.2) is 100 Å². The number of cyclic esters (lactones) is 2. The SMILES string of the molecule is CC(C)(C)OC(=O)N(C(=O)OC(C)(C)C)c1ncc(B2OC(C)(C)C(C)(C)O2)c(C(F)F)n1.CC(C)(C)OC(=O)N(C(=O)OC(C)(C)C)c1ncc(Br)c(C(F)F)n1.C[C@H]1OC(=O)N(c2cc(-c3cnc(N)nc3C(F)F)nc(N3CCOCC3)n2)[C@H]1CO.C[C@H]1OC(=O)N(c2cc(Br)nc(N3CCOCC3)n2)[C@H]1CO[Si](c1ccccc1)(c1ccccc1)C(C)(C)C. The first kappa shape index (κ1) is 102. The van der Waals surface area contributed by atoms with Crippen molar-refractivity contribution in [3.05, 3.63) is 118 Å². The minimum absolute atomic E-state index is 0.0384. The van der Waals surface area contributed by atoms with Crippen molar-refractivity contribution < 1.29 is 112 Å². The molecule has 0 radical (unpaired) electrons. The van der Waals surface area contributed by atoms with Crippen molar-refractivity contribution in [2.24, 2.45) is 0 Å². The van der Waals surface area contributed by atoms with Gasteiger partial charge in [-0.2, -0.15) is 9.97 Å². The standard InChI is InChI=1S/C29H35BrN4O4Si.C21H32BF2N3O6.C18H21F2N7O4.C15H20BrF2N3O4/c1-21-24(34(28(35)38-21)26-19-25(30)31-27(32-26)33-15-17-36-18-16-33)20-37-39(29(2,3)4,22-11-7-5-8-12-22)23-13-9-6-10-14-23;1-18(2,3)30-16(28)27(17(29)31-19(4,5)6)15-25-11-12(13(26-15)14(23)24)22-32-20(7,8)21(9,10)33-22;1-9-12(8-28)27(18(29)31-9)13-6-11(10-7-22-16(21)25-14(10)15(19)20)23-17(24-13)26-2-4-30-5-3-26;1-14(2,3)24-12(22)21(13(23)25-15(4,5)6)11-19-7-8(16)9(20-11)10(17)18/h5-14,19,21,24H,15-18,20H2,1-4H3;11,14H,1-10H3;6-7,9,12,15,28H,2-5,8H2,1H3,(H2,21,22,25);7,10H,1-6H3/t21-,24+;;9-,12+;/m1.1./s1. The summed E-state index contributed by atoms with van der Waals surface area (Å²) in [6.07, 6.45) is -12.4. The first-order chi connectivity index (χ1) is 59.5. The van der Waals surface area contributed by atoms with E-state index in [0.29, 0.717) is 85.4 Å². The quantitative estimate of drug-likeness (QED) is 0.0370. The summed E-state index contributed by atoms with van der Waals surface area (Å²) in [7, 11) is -3.97. The van der Waals surface area contributed by atoms with Crippen LogP contribution in [0.4, 0.5) is 96.5 Å². The largest absolute Gasteiger partial charge is 0.498 e. The normalized spacial score (nSPS) is 18.4. The van der Waals surface area contributed by atoms with Crippen LogP contribution in [0, 0.1) is 0 Å². The molecule has 0 unspecified atom stereocenters. The van der Waals surface area contributed by atoms with Gasteiger partial charge in [0.1, 0.15) is 80.0 Å². The summed E-state index contributed by atoms with van der Waals surface area (Å²) in [5.74, 6) is -0.102. The maximum absolute atomic E-state index is 14.0. The average Bonchev–Trinajstić information content (AvgIpc) is 0.910. The lowest BCUT2D eigenvalue weighted by Crippen LogP contribution is -2.67. The summed E-state index contributed by atoms with van der Waals surface area (Å²) in [5, 5.41) is 11.9. The Hall–Kier alpha value is -10.2. The molecule has 0 bridgehead atoms. The van der Waals surface area contributed by atoms with Crippen molar-refractivity contribution in [3.63, 3.8) is 0 Å². The van der Waals surface area contributed by atoms with Gasteiger partial charge in [0.05, 0.1) is 61.0 Å². The van der Waals surface area contributed by atoms with E-state index in [1.807, 2.05) is 24.0 Å². The van der Waals surface area contributed by atoms with Crippen LogP contribution in [0.1, 0.15) is 182 Å². The summed E-state index contributed by atoms with van der Waals surface area (Å²) in [4.78, 5) is 124. The second-order valence-electron chi connectivity index (χ2n) is 35.7. The summed E-state index contributed by atoms with van der Waals surface area (Å²) < 4.78 is 143. The zero-order valence-corrected chi connectivity index (χ0v) is 79.2. The zero-order valence-electron chi connectivity index (χ0n) is 75.0. The Balaban J connectivity index is 0.000000195. The number of amides is 6. The topological polar surface area (TPSA) is 399 Å². The fourth-order valence-corrected chi connectivity index (χ4v) is 18.5. The van der Waals surface area contributed by atoms with Crippen molar-refractivity contribution in [1.82, 2.24) is 49.8 Å². The van der Waals surface area contributed by atoms with Gasteiger partial charge in [-0.15, -0.1) is 9.80 Å². The number of hydrogen-bond donors (Lipinski definition) is 2. The molecule has 5 saturated heterocycles. The van der Waals surface area contributed by atoms with Crippen molar-refractivity contribution >= 4 is 141 Å². The van der Waals surface area contributed by atoms with E-state index < -0.39 is 146 Å². The van der Waals surface area contributed by atoms with Gasteiger partial charge in [0, 0.05) is 67.9 Å². The number of aliphatic hydroxyl groups is 1. The number of aromatic nitrogens is 10. The van der Waals surface area contributed by atoms with Crippen molar-refractivity contribution in [3.8, 4) is 11.3 Å². The lowest BCUT2D eigenvalue weighted by Gasteiger charge is -2.44. The number of nitrogens with two attached hydrogens (primary N) is 1. The minimum Gasteiger partial charge on any atom is -0.444 e. The highest BCUT2D eigenvalue weighted by Crippen LogP contribution is 2.42. The van der Waals surface area contributed by atoms with E-state index in [1.165, 1.54) is 21.3 Å². The molecule has 5 aromatic heterocycles. The Kier molecular flexibility index (Phi) is 32.8. The number of rotatable bonds is 17. The lowest BCUT2D eigenvalue weighted by atomic mass is 9.79. The van der Waals surface area contributed by atoms with E-state index >= 15 is 0 Å². The summed E-state index contributed by atoms with van der Waals surface area (Å²) in [6.45, 7) is 40.8. The lowest BCUT2D eigenvalue weighted by molar-refractivity contribution is 0.00578. The van der Waals surface area contributed by atoms with Gasteiger partial charge in [0.2, 0.25) is 29.7 Å². The molecule has 5 aliphatic heterocycles. The molecule has 5 aliphatic rings. The van der Waals surface area contributed by atoms with E-state index in [4.69, 9.17) is 62.3 Å². The fraction of sp³-hybridized carbons (Fsp3) is 0.542. The number of nitrogens with zero attached hydrogens (tertiary/aromatic N) is 16. The third kappa shape index (κ3) is 25.5. The van der Waals surface area contributed by atoms with Crippen molar-refractivity contribution in [1.29, 1.82) is 0 Å².